The van der Waals surface area contributed by atoms with Gasteiger partial charge in [0.05, 0.1) is 0 Å². The zero-order chi connectivity index (χ0) is 8.27. The van der Waals surface area contributed by atoms with Gasteiger partial charge in [-0.1, -0.05) is 26.0 Å². The molecule has 0 bridgehead atoms. The summed E-state index contributed by atoms with van der Waals surface area (Å²) in [7, 11) is 0. The van der Waals surface area contributed by atoms with Crippen molar-refractivity contribution >= 4 is 0 Å². The van der Waals surface area contributed by atoms with Gasteiger partial charge in [-0.05, 0) is 18.2 Å². The van der Waals surface area contributed by atoms with Crippen molar-refractivity contribution in [3.8, 4) is 11.5 Å². The number of benzene rings is 1. The Balaban J connectivity index is 0.000000134. The molecule has 0 spiro atoms. The molecule has 1 aromatic carbocycles. The van der Waals surface area contributed by atoms with E-state index in [0.29, 0.717) is 6.04 Å². The minimum Gasteiger partial charge on any atom is -0.450 e. The molecule has 0 amide bonds. The second-order valence-corrected chi connectivity index (χ2v) is 2.79. The molecule has 11 heavy (non-hydrogen) atoms. The average molecular weight is 151 g/mol. The SMILES string of the molecule is CC(C)N.c1ccc2c(c1)O2. The van der Waals surface area contributed by atoms with Gasteiger partial charge in [-0.15, -0.1) is 0 Å². The molecule has 2 heteroatoms. The van der Waals surface area contributed by atoms with E-state index >= 15 is 0 Å². The van der Waals surface area contributed by atoms with Gasteiger partial charge in [-0.2, -0.15) is 0 Å². The van der Waals surface area contributed by atoms with Crippen LogP contribution in [-0.2, 0) is 0 Å². The van der Waals surface area contributed by atoms with Crippen LogP contribution in [0.4, 0.5) is 0 Å². The number of hydrogen-bond donors (Lipinski definition) is 1. The lowest BCUT2D eigenvalue weighted by molar-refractivity contribution is 0.650. The van der Waals surface area contributed by atoms with Crippen LogP contribution in [0.3, 0.4) is 0 Å². The third kappa shape index (κ3) is 3.05. The Labute approximate surface area is 67.0 Å². The summed E-state index contributed by atoms with van der Waals surface area (Å²) < 4.78 is 4.94. The van der Waals surface area contributed by atoms with E-state index in [1.807, 2.05) is 38.1 Å². The third-order valence-corrected chi connectivity index (χ3v) is 1.03. The van der Waals surface area contributed by atoms with Crippen molar-refractivity contribution in [2.45, 2.75) is 19.9 Å². The molecule has 0 unspecified atom stereocenters. The zero-order valence-electron chi connectivity index (χ0n) is 6.87. The van der Waals surface area contributed by atoms with Gasteiger partial charge in [0.15, 0.2) is 11.5 Å². The van der Waals surface area contributed by atoms with Gasteiger partial charge in [0.25, 0.3) is 0 Å². The first-order valence-corrected chi connectivity index (χ1v) is 3.72. The van der Waals surface area contributed by atoms with Gasteiger partial charge in [0.1, 0.15) is 0 Å². The van der Waals surface area contributed by atoms with Crippen LogP contribution in [0.25, 0.3) is 0 Å². The van der Waals surface area contributed by atoms with Crippen LogP contribution in [0.15, 0.2) is 24.3 Å². The monoisotopic (exact) mass is 151 g/mol. The smallest absolute Gasteiger partial charge is 0.170 e. The van der Waals surface area contributed by atoms with Crippen molar-refractivity contribution in [2.75, 3.05) is 0 Å². The molecule has 1 heterocycles. The van der Waals surface area contributed by atoms with Gasteiger partial charge >= 0.3 is 0 Å². The second-order valence-electron chi connectivity index (χ2n) is 2.79. The molecule has 1 aliphatic heterocycles. The standard InChI is InChI=1S/C6H4O.C3H9N/c1-2-4-6-5(3-1)7-6;1-3(2)4/h1-4H;3H,4H2,1-2H3. The van der Waals surface area contributed by atoms with Crippen LogP contribution in [0.1, 0.15) is 13.8 Å². The molecule has 60 valence electrons. The highest BCUT2D eigenvalue weighted by molar-refractivity contribution is 5.53. The predicted octanol–water partition coefficient (Wildman–Crippen LogP) is 2.15. The van der Waals surface area contributed by atoms with Gasteiger partial charge in [-0.25, -0.2) is 0 Å². The van der Waals surface area contributed by atoms with Crippen LogP contribution in [0.2, 0.25) is 0 Å². The van der Waals surface area contributed by atoms with E-state index in [4.69, 9.17) is 10.5 Å². The summed E-state index contributed by atoms with van der Waals surface area (Å²) in [5.41, 5.74) is 5.11. The number of para-hydroxylation sites is 2. The Bertz CT molecular complexity index is 209. The van der Waals surface area contributed by atoms with E-state index in [1.165, 1.54) is 0 Å². The summed E-state index contributed by atoms with van der Waals surface area (Å²) in [6, 6.07) is 8.17. The topological polar surface area (TPSA) is 38.5 Å². The number of nitrogens with two attached hydrogens (primary N) is 1. The first kappa shape index (κ1) is 8.08. The van der Waals surface area contributed by atoms with E-state index in [9.17, 15) is 0 Å². The molecular formula is C9H13NO. The molecule has 2 N–H and O–H groups in total. The summed E-state index contributed by atoms with van der Waals surface area (Å²) in [6.45, 7) is 3.89. The molecule has 0 radical (unpaired) electrons. The molecule has 2 rings (SSSR count). The highest BCUT2D eigenvalue weighted by Gasteiger charge is 2.15. The van der Waals surface area contributed by atoms with Gasteiger partial charge in [0, 0.05) is 0 Å². The quantitative estimate of drug-likeness (QED) is 0.586. The number of ether oxygens (including phenoxy) is 1. The number of hydrogen-bond acceptors (Lipinski definition) is 2. The van der Waals surface area contributed by atoms with E-state index in [1.54, 1.807) is 0 Å². The normalized spacial score (nSPS) is 10.9. The van der Waals surface area contributed by atoms with Crippen LogP contribution in [-0.4, -0.2) is 6.04 Å². The first-order valence-electron chi connectivity index (χ1n) is 3.72. The molecule has 0 saturated carbocycles. The maximum atomic E-state index is 5.11. The number of rotatable bonds is 0. The minimum atomic E-state index is 0.333. The van der Waals surface area contributed by atoms with Crippen LogP contribution in [0.5, 0.6) is 11.5 Å². The van der Waals surface area contributed by atoms with E-state index < -0.39 is 0 Å². The lowest BCUT2D eigenvalue weighted by Crippen LogP contribution is -2.06. The Kier molecular flexibility index (Phi) is 2.49. The molecule has 0 saturated heterocycles. The fraction of sp³-hybridized carbons (Fsp3) is 0.333. The van der Waals surface area contributed by atoms with E-state index in [2.05, 4.69) is 0 Å². The van der Waals surface area contributed by atoms with Crippen molar-refractivity contribution in [1.29, 1.82) is 0 Å². The average Bonchev–Trinajstić information content (AvgIpc) is 2.62. The Morgan fingerprint density at radius 3 is 1.82 bits per heavy atom. The van der Waals surface area contributed by atoms with Crippen molar-refractivity contribution < 1.29 is 4.74 Å². The van der Waals surface area contributed by atoms with Gasteiger partial charge in [0.2, 0.25) is 0 Å². The Morgan fingerprint density at radius 1 is 1.18 bits per heavy atom. The molecule has 1 aromatic rings. The molecule has 1 aliphatic rings. The summed E-state index contributed by atoms with van der Waals surface area (Å²) in [5.74, 6) is 2.06. The predicted molar refractivity (Wildman–Crippen MR) is 45.8 cm³/mol. The molecular weight excluding hydrogens is 138 g/mol. The first-order chi connectivity index (χ1) is 5.20. The lowest BCUT2D eigenvalue weighted by Gasteiger charge is -1.81. The summed E-state index contributed by atoms with van der Waals surface area (Å²) >= 11 is 0. The second kappa shape index (κ2) is 3.39. The molecule has 0 atom stereocenters. The van der Waals surface area contributed by atoms with Crippen molar-refractivity contribution in [1.82, 2.24) is 0 Å². The fourth-order valence-electron chi connectivity index (χ4n) is 0.611. The Morgan fingerprint density at radius 2 is 1.55 bits per heavy atom. The minimum absolute atomic E-state index is 0.333. The molecule has 2 nitrogen and oxygen atoms in total. The van der Waals surface area contributed by atoms with Crippen molar-refractivity contribution in [2.24, 2.45) is 5.73 Å². The van der Waals surface area contributed by atoms with Crippen LogP contribution < -0.4 is 10.5 Å². The lowest BCUT2D eigenvalue weighted by atomic mass is 10.4. The fourth-order valence-corrected chi connectivity index (χ4v) is 0.611. The maximum absolute atomic E-state index is 5.11. The maximum Gasteiger partial charge on any atom is 0.170 e. The van der Waals surface area contributed by atoms with Gasteiger partial charge < -0.3 is 10.5 Å². The van der Waals surface area contributed by atoms with Crippen LogP contribution in [0, 0.1) is 0 Å². The highest BCUT2D eigenvalue weighted by atomic mass is 16.6. The molecule has 0 aliphatic carbocycles. The molecule has 0 fully saturated rings. The number of fused-ring (bicyclic) bond motifs is 1. The largest absolute Gasteiger partial charge is 0.450 e. The Hall–Kier alpha value is -1.02. The van der Waals surface area contributed by atoms with Gasteiger partial charge in [-0.3, -0.25) is 0 Å². The van der Waals surface area contributed by atoms with E-state index in [0.717, 1.165) is 11.5 Å². The highest BCUT2D eigenvalue weighted by Crippen LogP contribution is 2.43. The molecule has 0 aromatic heterocycles. The van der Waals surface area contributed by atoms with E-state index in [-0.39, 0.29) is 0 Å². The summed E-state index contributed by atoms with van der Waals surface area (Å²) in [4.78, 5) is 0. The summed E-state index contributed by atoms with van der Waals surface area (Å²) in [5, 5.41) is 0. The van der Waals surface area contributed by atoms with Crippen LogP contribution >= 0.6 is 0 Å². The summed E-state index contributed by atoms with van der Waals surface area (Å²) in [6.07, 6.45) is 0. The van der Waals surface area contributed by atoms with Crippen molar-refractivity contribution in [3.05, 3.63) is 24.3 Å². The van der Waals surface area contributed by atoms with Crippen molar-refractivity contribution in [3.63, 3.8) is 0 Å². The third-order valence-electron chi connectivity index (χ3n) is 1.03. The zero-order valence-corrected chi connectivity index (χ0v) is 6.87.